The van der Waals surface area contributed by atoms with Gasteiger partial charge < -0.3 is 10.2 Å². The van der Waals surface area contributed by atoms with E-state index in [9.17, 15) is 14.9 Å². The van der Waals surface area contributed by atoms with Crippen LogP contribution in [0.15, 0.2) is 18.2 Å². The summed E-state index contributed by atoms with van der Waals surface area (Å²) < 4.78 is 0. The molecule has 1 aliphatic carbocycles. The van der Waals surface area contributed by atoms with Crippen molar-refractivity contribution in [2.24, 2.45) is 0 Å². The zero-order chi connectivity index (χ0) is 18.7. The number of piperazine rings is 1. The molecule has 1 aromatic carbocycles. The van der Waals surface area contributed by atoms with Gasteiger partial charge in [-0.25, -0.2) is 0 Å². The molecule has 26 heavy (non-hydrogen) atoms. The van der Waals surface area contributed by atoms with Crippen LogP contribution in [0.2, 0.25) is 5.02 Å². The number of carbonyl (C=O) groups is 1. The Hall–Kier alpha value is -1.86. The maximum atomic E-state index is 12.5. The highest BCUT2D eigenvalue weighted by atomic mass is 35.5. The topological polar surface area (TPSA) is 78.7 Å². The van der Waals surface area contributed by atoms with Gasteiger partial charge in [0.25, 0.3) is 5.69 Å². The molecule has 0 radical (unpaired) electrons. The number of nitrogens with zero attached hydrogens (tertiary/aromatic N) is 3. The molecule has 7 nitrogen and oxygen atoms in total. The second-order valence-electron chi connectivity index (χ2n) is 7.08. The Labute approximate surface area is 158 Å². The Kier molecular flexibility index (Phi) is 5.98. The second-order valence-corrected chi connectivity index (χ2v) is 7.52. The molecule has 1 N–H and O–H groups in total. The van der Waals surface area contributed by atoms with E-state index in [1.165, 1.54) is 18.9 Å². The van der Waals surface area contributed by atoms with Crippen LogP contribution in [0.3, 0.4) is 0 Å². The molecular formula is C18H25ClN4O3. The lowest BCUT2D eigenvalue weighted by molar-refractivity contribution is -0.384. The van der Waals surface area contributed by atoms with Gasteiger partial charge in [-0.3, -0.25) is 19.8 Å². The smallest absolute Gasteiger partial charge is 0.294 e. The molecule has 1 atom stereocenters. The van der Waals surface area contributed by atoms with Crippen molar-refractivity contribution in [3.8, 4) is 0 Å². The first-order valence-corrected chi connectivity index (χ1v) is 9.57. The Bertz CT molecular complexity index is 670. The van der Waals surface area contributed by atoms with Crippen molar-refractivity contribution in [3.05, 3.63) is 33.3 Å². The molecule has 0 bridgehead atoms. The van der Waals surface area contributed by atoms with Gasteiger partial charge >= 0.3 is 0 Å². The van der Waals surface area contributed by atoms with Crippen LogP contribution in [0.5, 0.6) is 0 Å². The number of rotatable bonds is 5. The number of halogens is 1. The van der Waals surface area contributed by atoms with Crippen LogP contribution in [0, 0.1) is 10.1 Å². The standard InChI is InChI=1S/C18H25ClN4O3/c1-13(18(24)20-15-4-2-3-5-15)21-8-10-22(11-9-21)16-7-6-14(19)12-17(16)23(25)26/h6-7,12-13,15H,2-5,8-11H2,1H3,(H,20,24)/t13-/m1/s1. The normalized spacial score (nSPS) is 20.2. The van der Waals surface area contributed by atoms with Crippen LogP contribution in [0.1, 0.15) is 32.6 Å². The highest BCUT2D eigenvalue weighted by molar-refractivity contribution is 6.30. The van der Waals surface area contributed by atoms with E-state index in [4.69, 9.17) is 11.6 Å². The van der Waals surface area contributed by atoms with Crippen molar-refractivity contribution in [1.82, 2.24) is 10.2 Å². The average molecular weight is 381 g/mol. The predicted molar refractivity (Wildman–Crippen MR) is 102 cm³/mol. The van der Waals surface area contributed by atoms with Gasteiger partial charge in [-0.05, 0) is 31.9 Å². The van der Waals surface area contributed by atoms with Gasteiger partial charge in [0.05, 0.1) is 11.0 Å². The van der Waals surface area contributed by atoms with Gasteiger partial charge in [0.2, 0.25) is 5.91 Å². The Morgan fingerprint density at radius 2 is 1.92 bits per heavy atom. The van der Waals surface area contributed by atoms with Gasteiger partial charge in [0.15, 0.2) is 0 Å². The molecule has 1 amide bonds. The summed E-state index contributed by atoms with van der Waals surface area (Å²) in [5.41, 5.74) is 0.611. The number of hydrogen-bond donors (Lipinski definition) is 1. The van der Waals surface area contributed by atoms with E-state index in [1.807, 2.05) is 11.8 Å². The maximum Gasteiger partial charge on any atom is 0.294 e. The molecule has 2 aliphatic rings. The second kappa shape index (κ2) is 8.22. The number of nitro benzene ring substituents is 1. The summed E-state index contributed by atoms with van der Waals surface area (Å²) in [6, 6.07) is 4.90. The first kappa shape index (κ1) is 18.9. The summed E-state index contributed by atoms with van der Waals surface area (Å²) in [6.07, 6.45) is 4.54. The monoisotopic (exact) mass is 380 g/mol. The number of amides is 1. The van der Waals surface area contributed by atoms with Gasteiger partial charge in [-0.1, -0.05) is 24.4 Å². The Morgan fingerprint density at radius 1 is 1.27 bits per heavy atom. The average Bonchev–Trinajstić information content (AvgIpc) is 3.14. The summed E-state index contributed by atoms with van der Waals surface area (Å²) in [7, 11) is 0. The molecule has 0 unspecified atom stereocenters. The number of anilines is 1. The maximum absolute atomic E-state index is 12.5. The summed E-state index contributed by atoms with van der Waals surface area (Å²) in [6.45, 7) is 4.61. The van der Waals surface area contributed by atoms with Crippen molar-refractivity contribution in [3.63, 3.8) is 0 Å². The zero-order valence-electron chi connectivity index (χ0n) is 15.0. The van der Waals surface area contributed by atoms with Crippen LogP contribution in [0.25, 0.3) is 0 Å². The van der Waals surface area contributed by atoms with E-state index in [2.05, 4.69) is 10.2 Å². The fraction of sp³-hybridized carbons (Fsp3) is 0.611. The lowest BCUT2D eigenvalue weighted by atomic mass is 10.1. The van der Waals surface area contributed by atoms with Crippen molar-refractivity contribution in [1.29, 1.82) is 0 Å². The van der Waals surface area contributed by atoms with E-state index in [0.29, 0.717) is 42.9 Å². The summed E-state index contributed by atoms with van der Waals surface area (Å²) >= 11 is 5.89. The molecule has 1 aromatic rings. The third-order valence-corrected chi connectivity index (χ3v) is 5.65. The quantitative estimate of drug-likeness (QED) is 0.627. The third-order valence-electron chi connectivity index (χ3n) is 5.42. The van der Waals surface area contributed by atoms with E-state index < -0.39 is 4.92 Å². The number of hydrogen-bond acceptors (Lipinski definition) is 5. The minimum absolute atomic E-state index is 0.0259. The van der Waals surface area contributed by atoms with Crippen LogP contribution in [-0.2, 0) is 4.79 Å². The molecule has 0 spiro atoms. The predicted octanol–water partition coefficient (Wildman–Crippen LogP) is 2.82. The minimum Gasteiger partial charge on any atom is -0.363 e. The minimum atomic E-state index is -0.398. The van der Waals surface area contributed by atoms with E-state index >= 15 is 0 Å². The molecule has 1 saturated heterocycles. The fourth-order valence-corrected chi connectivity index (χ4v) is 3.98. The lowest BCUT2D eigenvalue weighted by Gasteiger charge is -2.38. The fourth-order valence-electron chi connectivity index (χ4n) is 3.82. The molecule has 1 saturated carbocycles. The first-order valence-electron chi connectivity index (χ1n) is 9.19. The van der Waals surface area contributed by atoms with Crippen molar-refractivity contribution in [2.75, 3.05) is 31.1 Å². The van der Waals surface area contributed by atoms with Crippen LogP contribution in [0.4, 0.5) is 11.4 Å². The van der Waals surface area contributed by atoms with Crippen molar-refractivity contribution in [2.45, 2.75) is 44.7 Å². The van der Waals surface area contributed by atoms with Gasteiger partial charge in [-0.15, -0.1) is 0 Å². The third kappa shape index (κ3) is 4.27. The van der Waals surface area contributed by atoms with Gasteiger partial charge in [-0.2, -0.15) is 0 Å². The summed E-state index contributed by atoms with van der Waals surface area (Å²) in [5, 5.41) is 14.8. The van der Waals surface area contributed by atoms with Gasteiger partial charge in [0, 0.05) is 43.3 Å². The molecule has 8 heteroatoms. The van der Waals surface area contributed by atoms with E-state index in [1.54, 1.807) is 12.1 Å². The molecular weight excluding hydrogens is 356 g/mol. The highest BCUT2D eigenvalue weighted by Gasteiger charge is 2.29. The Balaban J connectivity index is 1.58. The van der Waals surface area contributed by atoms with Crippen LogP contribution >= 0.6 is 11.6 Å². The van der Waals surface area contributed by atoms with Crippen LogP contribution in [-0.4, -0.2) is 54.0 Å². The highest BCUT2D eigenvalue weighted by Crippen LogP contribution is 2.31. The van der Waals surface area contributed by atoms with E-state index in [-0.39, 0.29) is 17.6 Å². The van der Waals surface area contributed by atoms with Crippen LogP contribution < -0.4 is 10.2 Å². The molecule has 1 heterocycles. The first-order chi connectivity index (χ1) is 12.5. The van der Waals surface area contributed by atoms with E-state index in [0.717, 1.165) is 12.8 Å². The number of nitro groups is 1. The molecule has 1 aliphatic heterocycles. The summed E-state index contributed by atoms with van der Waals surface area (Å²) in [5.74, 6) is 0.0859. The number of benzene rings is 1. The molecule has 2 fully saturated rings. The molecule has 0 aromatic heterocycles. The largest absolute Gasteiger partial charge is 0.363 e. The summed E-state index contributed by atoms with van der Waals surface area (Å²) in [4.78, 5) is 27.5. The number of carbonyl (C=O) groups excluding carboxylic acids is 1. The zero-order valence-corrected chi connectivity index (χ0v) is 15.7. The molecule has 3 rings (SSSR count). The van der Waals surface area contributed by atoms with Gasteiger partial charge in [0.1, 0.15) is 5.69 Å². The number of nitrogens with one attached hydrogen (secondary N) is 1. The van der Waals surface area contributed by atoms with Crippen molar-refractivity contribution < 1.29 is 9.72 Å². The van der Waals surface area contributed by atoms with Crippen molar-refractivity contribution >= 4 is 28.9 Å². The SMILES string of the molecule is C[C@H](C(=O)NC1CCCC1)N1CCN(c2ccc(Cl)cc2[N+](=O)[O-])CC1. The molecule has 142 valence electrons. The Morgan fingerprint density at radius 3 is 2.54 bits per heavy atom. The lowest BCUT2D eigenvalue weighted by Crippen LogP contribution is -2.55.